The van der Waals surface area contributed by atoms with Crippen molar-refractivity contribution in [3.05, 3.63) is 21.4 Å². The van der Waals surface area contributed by atoms with Gasteiger partial charge in [-0.2, -0.15) is 4.31 Å². The van der Waals surface area contributed by atoms with E-state index in [1.54, 1.807) is 6.92 Å². The SMILES string of the molecule is CCC1(O)CN(S(=O)(=O)c2cc(Cl)c(Br)c(N)c2F)C1. The van der Waals surface area contributed by atoms with Crippen LogP contribution in [-0.4, -0.2) is 36.5 Å². The molecule has 9 heteroatoms. The summed E-state index contributed by atoms with van der Waals surface area (Å²) in [5.74, 6) is -1.05. The lowest BCUT2D eigenvalue weighted by molar-refractivity contribution is -0.0614. The van der Waals surface area contributed by atoms with Gasteiger partial charge in [-0.1, -0.05) is 18.5 Å². The lowest BCUT2D eigenvalue weighted by Crippen LogP contribution is -2.62. The number of halogens is 3. The van der Waals surface area contributed by atoms with Crippen molar-refractivity contribution >= 4 is 43.2 Å². The highest BCUT2D eigenvalue weighted by Crippen LogP contribution is 2.38. The van der Waals surface area contributed by atoms with E-state index < -0.39 is 26.3 Å². The maximum atomic E-state index is 14.1. The third-order valence-electron chi connectivity index (χ3n) is 3.37. The molecule has 0 aliphatic carbocycles. The van der Waals surface area contributed by atoms with Gasteiger partial charge in [0.15, 0.2) is 5.82 Å². The summed E-state index contributed by atoms with van der Waals surface area (Å²) in [6.45, 7) is 1.61. The van der Waals surface area contributed by atoms with Crippen molar-refractivity contribution in [2.24, 2.45) is 0 Å². The molecule has 3 N–H and O–H groups in total. The summed E-state index contributed by atoms with van der Waals surface area (Å²) in [6, 6.07) is 1.01. The molecule has 0 atom stereocenters. The highest BCUT2D eigenvalue weighted by Gasteiger charge is 2.47. The highest BCUT2D eigenvalue weighted by molar-refractivity contribution is 9.10. The Labute approximate surface area is 129 Å². The van der Waals surface area contributed by atoms with Gasteiger partial charge in [-0.15, -0.1) is 0 Å². The number of hydrogen-bond acceptors (Lipinski definition) is 4. The molecule has 1 saturated heterocycles. The molecule has 1 aliphatic heterocycles. The van der Waals surface area contributed by atoms with Crippen molar-refractivity contribution in [2.75, 3.05) is 18.8 Å². The third-order valence-corrected chi connectivity index (χ3v) is 6.55. The van der Waals surface area contributed by atoms with Gasteiger partial charge < -0.3 is 10.8 Å². The van der Waals surface area contributed by atoms with Crippen LogP contribution in [0.5, 0.6) is 0 Å². The lowest BCUT2D eigenvalue weighted by atomic mass is 9.94. The van der Waals surface area contributed by atoms with Crippen LogP contribution in [-0.2, 0) is 10.0 Å². The lowest BCUT2D eigenvalue weighted by Gasteiger charge is -2.44. The summed E-state index contributed by atoms with van der Waals surface area (Å²) < 4.78 is 39.8. The maximum absolute atomic E-state index is 14.1. The molecule has 1 aliphatic rings. The first-order valence-corrected chi connectivity index (χ1v) is 8.39. The number of rotatable bonds is 3. The van der Waals surface area contributed by atoms with Crippen LogP contribution < -0.4 is 5.73 Å². The van der Waals surface area contributed by atoms with Crippen molar-refractivity contribution in [1.82, 2.24) is 4.31 Å². The molecule has 1 aromatic carbocycles. The zero-order valence-electron chi connectivity index (χ0n) is 10.5. The Kier molecular flexibility index (Phi) is 4.07. The average molecular weight is 388 g/mol. The smallest absolute Gasteiger partial charge is 0.246 e. The number of hydrogen-bond donors (Lipinski definition) is 2. The topological polar surface area (TPSA) is 83.6 Å². The molecule has 20 heavy (non-hydrogen) atoms. The number of anilines is 1. The predicted molar refractivity (Wildman–Crippen MR) is 77.5 cm³/mol. The van der Waals surface area contributed by atoms with Crippen molar-refractivity contribution in [3.8, 4) is 0 Å². The summed E-state index contributed by atoms with van der Waals surface area (Å²) in [5.41, 5.74) is 4.07. The Morgan fingerprint density at radius 1 is 1.60 bits per heavy atom. The Balaban J connectivity index is 2.42. The van der Waals surface area contributed by atoms with Gasteiger partial charge in [-0.25, -0.2) is 12.8 Å². The molecule has 1 aromatic rings. The molecule has 1 heterocycles. The summed E-state index contributed by atoms with van der Waals surface area (Å²) in [4.78, 5) is -0.582. The van der Waals surface area contributed by atoms with E-state index >= 15 is 0 Å². The molecule has 112 valence electrons. The number of nitrogens with two attached hydrogens (primary N) is 1. The number of aliphatic hydroxyl groups is 1. The van der Waals surface area contributed by atoms with Gasteiger partial charge >= 0.3 is 0 Å². The largest absolute Gasteiger partial charge is 0.395 e. The van der Waals surface area contributed by atoms with E-state index in [1.807, 2.05) is 0 Å². The van der Waals surface area contributed by atoms with E-state index in [1.165, 1.54) is 0 Å². The summed E-state index contributed by atoms with van der Waals surface area (Å²) in [7, 11) is -4.06. The molecule has 0 radical (unpaired) electrons. The van der Waals surface area contributed by atoms with Crippen LogP contribution in [0.1, 0.15) is 13.3 Å². The second kappa shape index (κ2) is 5.10. The second-order valence-electron chi connectivity index (χ2n) is 4.75. The van der Waals surface area contributed by atoms with Gasteiger partial charge in [0.2, 0.25) is 10.0 Å². The standard InChI is InChI=1S/C11H13BrClFN2O3S/c1-2-11(17)4-16(5-11)20(18,19)7-3-6(13)8(12)10(15)9(7)14/h3,17H,2,4-5,15H2,1H3. The van der Waals surface area contributed by atoms with Crippen molar-refractivity contribution in [3.63, 3.8) is 0 Å². The quantitative estimate of drug-likeness (QED) is 0.613. The Morgan fingerprint density at radius 3 is 2.65 bits per heavy atom. The Bertz CT molecular complexity index is 662. The maximum Gasteiger partial charge on any atom is 0.246 e. The minimum Gasteiger partial charge on any atom is -0.395 e. The summed E-state index contributed by atoms with van der Waals surface area (Å²) in [6.07, 6.45) is 0.421. The fraction of sp³-hybridized carbons (Fsp3) is 0.455. The van der Waals surface area contributed by atoms with E-state index in [0.29, 0.717) is 6.42 Å². The molecule has 5 nitrogen and oxygen atoms in total. The van der Waals surface area contributed by atoms with Gasteiger partial charge in [0.1, 0.15) is 4.90 Å². The van der Waals surface area contributed by atoms with Gasteiger partial charge in [0.05, 0.1) is 20.8 Å². The fourth-order valence-corrected chi connectivity index (χ4v) is 4.20. The van der Waals surface area contributed by atoms with Crippen LogP contribution in [0.3, 0.4) is 0 Å². The molecule has 1 fully saturated rings. The molecular weight excluding hydrogens is 375 g/mol. The van der Waals surface area contributed by atoms with E-state index in [2.05, 4.69) is 15.9 Å². The molecule has 0 amide bonds. The number of benzene rings is 1. The normalized spacial score (nSPS) is 18.9. The highest BCUT2D eigenvalue weighted by atomic mass is 79.9. The van der Waals surface area contributed by atoms with Crippen LogP contribution in [0.15, 0.2) is 15.4 Å². The number of sulfonamides is 1. The zero-order valence-corrected chi connectivity index (χ0v) is 13.7. The number of nitrogens with zero attached hydrogens (tertiary/aromatic N) is 1. The molecule has 2 rings (SSSR count). The van der Waals surface area contributed by atoms with Crippen molar-refractivity contribution in [1.29, 1.82) is 0 Å². The number of nitrogen functional groups attached to an aromatic ring is 1. The minimum atomic E-state index is -4.06. The van der Waals surface area contributed by atoms with Crippen LogP contribution in [0.2, 0.25) is 5.02 Å². The number of β-amino-alcohol motifs (C(OH)–C–C–N with tert-alkyl or cyclic N) is 1. The second-order valence-corrected chi connectivity index (χ2v) is 7.86. The molecule has 0 bridgehead atoms. The first-order chi connectivity index (χ1) is 9.12. The van der Waals surface area contributed by atoms with Gasteiger partial charge in [0, 0.05) is 13.1 Å². The van der Waals surface area contributed by atoms with Crippen LogP contribution in [0.25, 0.3) is 0 Å². The minimum absolute atomic E-state index is 0.00810. The van der Waals surface area contributed by atoms with Crippen molar-refractivity contribution < 1.29 is 17.9 Å². The predicted octanol–water partition coefficient (Wildman–Crippen LogP) is 1.97. The Morgan fingerprint density at radius 2 is 2.15 bits per heavy atom. The van der Waals surface area contributed by atoms with E-state index in [9.17, 15) is 17.9 Å². The van der Waals surface area contributed by atoms with Gasteiger partial charge in [-0.05, 0) is 28.4 Å². The van der Waals surface area contributed by atoms with Crippen LogP contribution >= 0.6 is 27.5 Å². The van der Waals surface area contributed by atoms with Crippen LogP contribution in [0.4, 0.5) is 10.1 Å². The van der Waals surface area contributed by atoms with Crippen molar-refractivity contribution in [2.45, 2.75) is 23.8 Å². The van der Waals surface area contributed by atoms with E-state index in [-0.39, 0.29) is 28.3 Å². The third kappa shape index (κ3) is 2.43. The van der Waals surface area contributed by atoms with E-state index in [4.69, 9.17) is 17.3 Å². The van der Waals surface area contributed by atoms with Gasteiger partial charge in [-0.3, -0.25) is 0 Å². The van der Waals surface area contributed by atoms with Crippen LogP contribution in [0, 0.1) is 5.82 Å². The summed E-state index contributed by atoms with van der Waals surface area (Å²) >= 11 is 8.80. The first kappa shape index (κ1) is 16.0. The molecule has 0 spiro atoms. The Hall–Kier alpha value is -0.410. The van der Waals surface area contributed by atoms with Gasteiger partial charge in [0.25, 0.3) is 0 Å². The summed E-state index contributed by atoms with van der Waals surface area (Å²) in [5, 5.41) is 9.87. The fourth-order valence-electron chi connectivity index (χ4n) is 1.93. The molecule has 0 aromatic heterocycles. The molecular formula is C11H13BrClFN2O3S. The first-order valence-electron chi connectivity index (χ1n) is 5.78. The average Bonchev–Trinajstić information content (AvgIpc) is 2.36. The zero-order chi connectivity index (χ0) is 15.3. The monoisotopic (exact) mass is 386 g/mol. The van der Waals surface area contributed by atoms with E-state index in [0.717, 1.165) is 10.4 Å². The molecule has 0 saturated carbocycles. The molecule has 0 unspecified atom stereocenters.